The first-order valence-corrected chi connectivity index (χ1v) is 7.70. The van der Waals surface area contributed by atoms with Crippen molar-refractivity contribution in [1.82, 2.24) is 4.90 Å². The Bertz CT molecular complexity index is 464. The number of hydrogen-bond donors (Lipinski definition) is 1. The summed E-state index contributed by atoms with van der Waals surface area (Å²) in [5.74, 6) is -0.883. The highest BCUT2D eigenvalue weighted by molar-refractivity contribution is 6.31. The highest BCUT2D eigenvalue weighted by atomic mass is 35.5. The van der Waals surface area contributed by atoms with Gasteiger partial charge in [-0.2, -0.15) is 0 Å². The molecule has 0 aliphatic carbocycles. The van der Waals surface area contributed by atoms with Gasteiger partial charge in [0.2, 0.25) is 0 Å². The van der Waals surface area contributed by atoms with Crippen molar-refractivity contribution in [2.45, 2.75) is 38.6 Å². The maximum Gasteiger partial charge on any atom is 0.307 e. The van der Waals surface area contributed by atoms with E-state index in [1.54, 1.807) is 0 Å². The molecule has 0 spiro atoms. The minimum absolute atomic E-state index is 0.218. The molecule has 0 aromatic heterocycles. The van der Waals surface area contributed by atoms with Crippen LogP contribution < -0.4 is 0 Å². The number of halogens is 1. The number of aliphatic carboxylic acids is 1. The van der Waals surface area contributed by atoms with E-state index in [0.29, 0.717) is 12.6 Å². The summed E-state index contributed by atoms with van der Waals surface area (Å²) < 4.78 is 0. The summed E-state index contributed by atoms with van der Waals surface area (Å²) in [5.41, 5.74) is 1.15. The van der Waals surface area contributed by atoms with Crippen LogP contribution in [0.5, 0.6) is 0 Å². The molecule has 0 amide bonds. The standard InChI is InChI=1S/C16H22ClNO2/c1-2-14(10-12-6-3-4-8-15(12)17)18-9-5-7-13(11-18)16(19)20/h3-4,6,8,13-14H,2,5,7,9-11H2,1H3,(H,19,20). The smallest absolute Gasteiger partial charge is 0.307 e. The Balaban J connectivity index is 2.04. The van der Waals surface area contributed by atoms with E-state index in [9.17, 15) is 9.90 Å². The van der Waals surface area contributed by atoms with Crippen molar-refractivity contribution in [2.24, 2.45) is 5.92 Å². The van der Waals surface area contributed by atoms with Crippen molar-refractivity contribution >= 4 is 17.6 Å². The van der Waals surface area contributed by atoms with Crippen LogP contribution in [0.2, 0.25) is 5.02 Å². The molecular formula is C16H22ClNO2. The second kappa shape index (κ2) is 7.09. The normalized spacial score (nSPS) is 21.6. The molecule has 1 aliphatic rings. The molecule has 1 aliphatic heterocycles. The average Bonchev–Trinajstić information content (AvgIpc) is 2.46. The quantitative estimate of drug-likeness (QED) is 0.904. The molecule has 0 saturated carbocycles. The Morgan fingerprint density at radius 3 is 2.90 bits per heavy atom. The zero-order valence-corrected chi connectivity index (χ0v) is 12.6. The topological polar surface area (TPSA) is 40.5 Å². The van der Waals surface area contributed by atoms with Gasteiger partial charge >= 0.3 is 5.97 Å². The number of nitrogens with zero attached hydrogens (tertiary/aromatic N) is 1. The van der Waals surface area contributed by atoms with E-state index >= 15 is 0 Å². The van der Waals surface area contributed by atoms with Gasteiger partial charge in [-0.1, -0.05) is 36.7 Å². The molecule has 1 heterocycles. The number of carbonyl (C=O) groups is 1. The van der Waals surface area contributed by atoms with E-state index in [-0.39, 0.29) is 5.92 Å². The molecule has 20 heavy (non-hydrogen) atoms. The lowest BCUT2D eigenvalue weighted by molar-refractivity contribution is -0.143. The fourth-order valence-corrected chi connectivity index (χ4v) is 3.20. The minimum atomic E-state index is -0.665. The van der Waals surface area contributed by atoms with E-state index in [1.165, 1.54) is 0 Å². The van der Waals surface area contributed by atoms with Gasteiger partial charge in [-0.3, -0.25) is 9.69 Å². The number of benzene rings is 1. The van der Waals surface area contributed by atoms with Crippen LogP contribution in [0.4, 0.5) is 0 Å². The summed E-state index contributed by atoms with van der Waals surface area (Å²) in [6.07, 6.45) is 3.67. The van der Waals surface area contributed by atoms with E-state index in [2.05, 4.69) is 17.9 Å². The Morgan fingerprint density at radius 2 is 2.25 bits per heavy atom. The Hall–Kier alpha value is -1.06. The van der Waals surface area contributed by atoms with Crippen LogP contribution in [-0.4, -0.2) is 35.1 Å². The molecule has 0 bridgehead atoms. The third-order valence-electron chi connectivity index (χ3n) is 4.20. The highest BCUT2D eigenvalue weighted by Crippen LogP contribution is 2.24. The Labute approximate surface area is 125 Å². The van der Waals surface area contributed by atoms with Crippen LogP contribution in [0.15, 0.2) is 24.3 Å². The number of hydrogen-bond acceptors (Lipinski definition) is 2. The van der Waals surface area contributed by atoms with Crippen LogP contribution in [0.3, 0.4) is 0 Å². The molecule has 2 unspecified atom stereocenters. The summed E-state index contributed by atoms with van der Waals surface area (Å²) in [7, 11) is 0. The predicted molar refractivity (Wildman–Crippen MR) is 81.2 cm³/mol. The van der Waals surface area contributed by atoms with Gasteiger partial charge in [-0.05, 0) is 43.9 Å². The maximum atomic E-state index is 11.2. The highest BCUT2D eigenvalue weighted by Gasteiger charge is 2.29. The first-order valence-electron chi connectivity index (χ1n) is 7.32. The maximum absolute atomic E-state index is 11.2. The molecule has 1 aromatic rings. The lowest BCUT2D eigenvalue weighted by Gasteiger charge is -2.37. The Morgan fingerprint density at radius 1 is 1.50 bits per heavy atom. The van der Waals surface area contributed by atoms with Gasteiger partial charge in [0, 0.05) is 17.6 Å². The average molecular weight is 296 g/mol. The van der Waals surface area contributed by atoms with Crippen molar-refractivity contribution in [1.29, 1.82) is 0 Å². The van der Waals surface area contributed by atoms with Crippen molar-refractivity contribution in [3.8, 4) is 0 Å². The summed E-state index contributed by atoms with van der Waals surface area (Å²) in [6.45, 7) is 3.82. The van der Waals surface area contributed by atoms with Gasteiger partial charge in [0.05, 0.1) is 5.92 Å². The number of carboxylic acid groups (broad SMARTS) is 1. The monoisotopic (exact) mass is 295 g/mol. The van der Waals surface area contributed by atoms with Gasteiger partial charge in [0.1, 0.15) is 0 Å². The van der Waals surface area contributed by atoms with Crippen LogP contribution in [0, 0.1) is 5.92 Å². The molecule has 1 N–H and O–H groups in total. The summed E-state index contributed by atoms with van der Waals surface area (Å²) >= 11 is 6.23. The lowest BCUT2D eigenvalue weighted by Crippen LogP contribution is -2.45. The van der Waals surface area contributed by atoms with Crippen molar-refractivity contribution in [3.05, 3.63) is 34.9 Å². The summed E-state index contributed by atoms with van der Waals surface area (Å²) in [4.78, 5) is 13.5. The van der Waals surface area contributed by atoms with Crippen molar-refractivity contribution in [3.63, 3.8) is 0 Å². The van der Waals surface area contributed by atoms with Gasteiger partial charge < -0.3 is 5.11 Å². The second-order valence-corrected chi connectivity index (χ2v) is 5.94. The van der Waals surface area contributed by atoms with E-state index in [0.717, 1.165) is 42.8 Å². The van der Waals surface area contributed by atoms with Crippen LogP contribution >= 0.6 is 11.6 Å². The Kier molecular flexibility index (Phi) is 5.44. The molecule has 2 rings (SSSR count). The first kappa shape index (κ1) is 15.3. The van der Waals surface area contributed by atoms with Crippen LogP contribution in [0.1, 0.15) is 31.7 Å². The van der Waals surface area contributed by atoms with Crippen molar-refractivity contribution in [2.75, 3.05) is 13.1 Å². The number of carboxylic acids is 1. The van der Waals surface area contributed by atoms with E-state index in [1.807, 2.05) is 18.2 Å². The molecular weight excluding hydrogens is 274 g/mol. The fourth-order valence-electron chi connectivity index (χ4n) is 2.99. The molecule has 1 fully saturated rings. The molecule has 0 radical (unpaired) electrons. The van der Waals surface area contributed by atoms with Crippen LogP contribution in [0.25, 0.3) is 0 Å². The SMILES string of the molecule is CCC(Cc1ccccc1Cl)N1CCCC(C(=O)O)C1. The number of piperidine rings is 1. The van der Waals surface area contributed by atoms with Gasteiger partial charge in [-0.25, -0.2) is 0 Å². The van der Waals surface area contributed by atoms with Crippen molar-refractivity contribution < 1.29 is 9.90 Å². The zero-order valence-electron chi connectivity index (χ0n) is 11.9. The van der Waals surface area contributed by atoms with E-state index in [4.69, 9.17) is 11.6 Å². The first-order chi connectivity index (χ1) is 9.61. The van der Waals surface area contributed by atoms with E-state index < -0.39 is 5.97 Å². The number of likely N-dealkylation sites (tertiary alicyclic amines) is 1. The molecule has 110 valence electrons. The molecule has 3 nitrogen and oxygen atoms in total. The van der Waals surface area contributed by atoms with Gasteiger partial charge in [0.25, 0.3) is 0 Å². The minimum Gasteiger partial charge on any atom is -0.481 e. The van der Waals surface area contributed by atoms with Gasteiger partial charge in [-0.15, -0.1) is 0 Å². The lowest BCUT2D eigenvalue weighted by atomic mass is 9.94. The largest absolute Gasteiger partial charge is 0.481 e. The molecule has 4 heteroatoms. The predicted octanol–water partition coefficient (Wildman–Crippen LogP) is 3.46. The van der Waals surface area contributed by atoms with Crippen LogP contribution in [-0.2, 0) is 11.2 Å². The fraction of sp³-hybridized carbons (Fsp3) is 0.562. The molecule has 2 atom stereocenters. The third-order valence-corrected chi connectivity index (χ3v) is 4.57. The molecule has 1 saturated heterocycles. The third kappa shape index (κ3) is 3.74. The molecule has 1 aromatic carbocycles. The number of rotatable bonds is 5. The second-order valence-electron chi connectivity index (χ2n) is 5.53. The zero-order chi connectivity index (χ0) is 14.5. The summed E-state index contributed by atoms with van der Waals surface area (Å²) in [5, 5.41) is 10.0. The van der Waals surface area contributed by atoms with Gasteiger partial charge in [0.15, 0.2) is 0 Å². The summed E-state index contributed by atoms with van der Waals surface area (Å²) in [6, 6.07) is 8.29.